The van der Waals surface area contributed by atoms with Gasteiger partial charge < -0.3 is 5.11 Å². The Balaban J connectivity index is 3.68. The molecule has 0 aliphatic rings. The second-order valence-electron chi connectivity index (χ2n) is 1.15. The number of hydrogen-bond acceptors (Lipinski definition) is 4. The fraction of sp³-hybridized carbons (Fsp3) is 0.500. The second-order valence-corrected chi connectivity index (χ2v) is 3.21. The molecule has 54 valence electrons. The standard InChI is InChI=1S/C2H7N2O2PS2/c3-9-1-4(7-8)2(5)6/h1,3,7H2,(H,5,6). The molecular weight excluding hydrogens is 179 g/mol. The van der Waals surface area contributed by atoms with Crippen LogP contribution in [0, 0.1) is 0 Å². The average Bonchev–Trinajstić information content (AvgIpc) is 1.82. The van der Waals surface area contributed by atoms with E-state index in [1.165, 1.54) is 0 Å². The van der Waals surface area contributed by atoms with Gasteiger partial charge in [0.25, 0.3) is 0 Å². The van der Waals surface area contributed by atoms with Gasteiger partial charge in [-0.1, -0.05) is 23.8 Å². The van der Waals surface area contributed by atoms with E-state index in [2.05, 4.69) is 11.8 Å². The molecular formula is C2H7N2O2PS2. The molecule has 0 bridgehead atoms. The number of rotatable bonds is 3. The van der Waals surface area contributed by atoms with Crippen LogP contribution in [0.1, 0.15) is 0 Å². The van der Waals surface area contributed by atoms with Gasteiger partial charge in [0, 0.05) is 7.51 Å². The zero-order chi connectivity index (χ0) is 7.28. The molecule has 0 saturated heterocycles. The summed E-state index contributed by atoms with van der Waals surface area (Å²) in [6.07, 6.45) is -0.988. The molecule has 0 spiro atoms. The normalized spacial score (nSPS) is 10.3. The predicted molar refractivity (Wildman–Crippen MR) is 43.6 cm³/mol. The summed E-state index contributed by atoms with van der Waals surface area (Å²) in [6, 6.07) is 0. The average molecular weight is 186 g/mol. The maximum Gasteiger partial charge on any atom is 0.411 e. The van der Waals surface area contributed by atoms with Crippen LogP contribution in [0.2, 0.25) is 0 Å². The van der Waals surface area contributed by atoms with Crippen molar-refractivity contribution in [2.45, 2.75) is 0 Å². The first-order valence-corrected chi connectivity index (χ1v) is 5.44. The highest BCUT2D eigenvalue weighted by Gasteiger charge is 2.04. The van der Waals surface area contributed by atoms with Gasteiger partial charge in [-0.15, -0.1) is 0 Å². The highest BCUT2D eigenvalue weighted by atomic mass is 32.4. The SMILES string of the molecule is NSCN([PH2]=S)C(=O)O. The van der Waals surface area contributed by atoms with E-state index in [-0.39, 0.29) is 5.88 Å². The van der Waals surface area contributed by atoms with Gasteiger partial charge in [-0.3, -0.25) is 9.81 Å². The molecule has 0 aromatic rings. The molecule has 7 heteroatoms. The number of nitrogens with zero attached hydrogens (tertiary/aromatic N) is 1. The Hall–Kier alpha value is 0.230. The number of hydrogen-bond donors (Lipinski definition) is 2. The largest absolute Gasteiger partial charge is 0.465 e. The molecule has 1 atom stereocenters. The molecule has 0 heterocycles. The third-order valence-electron chi connectivity index (χ3n) is 0.587. The third-order valence-corrected chi connectivity index (χ3v) is 2.70. The quantitative estimate of drug-likeness (QED) is 0.377. The molecule has 1 unspecified atom stereocenters. The number of amides is 1. The first-order valence-electron chi connectivity index (χ1n) is 1.99. The molecule has 0 fully saturated rings. The van der Waals surface area contributed by atoms with Crippen molar-refractivity contribution < 1.29 is 9.90 Å². The Bertz CT molecular complexity index is 121. The van der Waals surface area contributed by atoms with Crippen molar-refractivity contribution in [2.75, 3.05) is 5.88 Å². The van der Waals surface area contributed by atoms with Gasteiger partial charge in [-0.05, 0) is 0 Å². The smallest absolute Gasteiger partial charge is 0.411 e. The molecule has 0 radical (unpaired) electrons. The fourth-order valence-corrected chi connectivity index (χ4v) is 1.89. The lowest BCUT2D eigenvalue weighted by molar-refractivity contribution is 0.179. The van der Waals surface area contributed by atoms with E-state index >= 15 is 0 Å². The highest BCUT2D eigenvalue weighted by molar-refractivity contribution is 7.98. The molecule has 1 amide bonds. The molecule has 0 rings (SSSR count). The van der Waals surface area contributed by atoms with Crippen LogP contribution in [0.15, 0.2) is 0 Å². The van der Waals surface area contributed by atoms with E-state index in [1.807, 2.05) is 0 Å². The van der Waals surface area contributed by atoms with Gasteiger partial charge in [-0.2, -0.15) is 0 Å². The van der Waals surface area contributed by atoms with Crippen LogP contribution < -0.4 is 5.14 Å². The van der Waals surface area contributed by atoms with Crippen molar-refractivity contribution in [3.05, 3.63) is 0 Å². The predicted octanol–water partition coefficient (Wildman–Crippen LogP) is 0.319. The first kappa shape index (κ1) is 9.23. The summed E-state index contributed by atoms with van der Waals surface area (Å²) in [5.41, 5.74) is 0. The maximum absolute atomic E-state index is 10.1. The van der Waals surface area contributed by atoms with E-state index in [9.17, 15) is 4.79 Å². The lowest BCUT2D eigenvalue weighted by Crippen LogP contribution is -2.19. The molecule has 0 saturated carbocycles. The van der Waals surface area contributed by atoms with Crippen molar-refractivity contribution in [3.63, 3.8) is 0 Å². The van der Waals surface area contributed by atoms with Crippen LogP contribution in [0.5, 0.6) is 0 Å². The summed E-state index contributed by atoms with van der Waals surface area (Å²) in [7, 11) is -0.581. The van der Waals surface area contributed by atoms with Crippen molar-refractivity contribution in [3.8, 4) is 0 Å². The van der Waals surface area contributed by atoms with E-state index in [0.29, 0.717) is 0 Å². The Morgan fingerprint density at radius 2 is 2.56 bits per heavy atom. The third kappa shape index (κ3) is 3.75. The van der Waals surface area contributed by atoms with Crippen LogP contribution in [0.3, 0.4) is 0 Å². The van der Waals surface area contributed by atoms with E-state index in [0.717, 1.165) is 16.6 Å². The Morgan fingerprint density at radius 1 is 2.00 bits per heavy atom. The minimum Gasteiger partial charge on any atom is -0.465 e. The lowest BCUT2D eigenvalue weighted by Gasteiger charge is -2.09. The van der Waals surface area contributed by atoms with Gasteiger partial charge in [0.2, 0.25) is 0 Å². The Labute approximate surface area is 63.4 Å². The minimum atomic E-state index is -0.988. The summed E-state index contributed by atoms with van der Waals surface area (Å²) >= 11 is 5.54. The summed E-state index contributed by atoms with van der Waals surface area (Å²) in [5, 5.41) is 13.3. The fourth-order valence-electron chi connectivity index (χ4n) is 0.211. The van der Waals surface area contributed by atoms with E-state index in [1.54, 1.807) is 0 Å². The van der Waals surface area contributed by atoms with Gasteiger partial charge >= 0.3 is 6.09 Å². The molecule has 9 heavy (non-hydrogen) atoms. The topological polar surface area (TPSA) is 66.6 Å². The number of carbonyl (C=O) groups is 1. The Kier molecular flexibility index (Phi) is 5.18. The molecule has 0 aromatic carbocycles. The van der Waals surface area contributed by atoms with Crippen LogP contribution in [-0.4, -0.2) is 21.7 Å². The van der Waals surface area contributed by atoms with Crippen molar-refractivity contribution in [2.24, 2.45) is 5.14 Å². The van der Waals surface area contributed by atoms with Crippen molar-refractivity contribution >= 4 is 37.4 Å². The molecule has 4 nitrogen and oxygen atoms in total. The zero-order valence-electron chi connectivity index (χ0n) is 4.48. The molecule has 0 aromatic heterocycles. The second kappa shape index (κ2) is 5.05. The highest BCUT2D eigenvalue weighted by Crippen LogP contribution is 2.07. The first-order chi connectivity index (χ1) is 4.22. The Morgan fingerprint density at radius 3 is 2.67 bits per heavy atom. The lowest BCUT2D eigenvalue weighted by atomic mass is 11.1. The van der Waals surface area contributed by atoms with Gasteiger partial charge in [0.15, 0.2) is 0 Å². The maximum atomic E-state index is 10.1. The number of nitrogens with two attached hydrogens (primary N) is 1. The van der Waals surface area contributed by atoms with Crippen molar-refractivity contribution in [1.29, 1.82) is 0 Å². The van der Waals surface area contributed by atoms with Gasteiger partial charge in [0.05, 0.1) is 5.88 Å². The summed E-state index contributed by atoms with van der Waals surface area (Å²) in [6.45, 7) is 0. The molecule has 3 N–H and O–H groups in total. The van der Waals surface area contributed by atoms with E-state index in [4.69, 9.17) is 10.2 Å². The number of carboxylic acid groups (broad SMARTS) is 1. The monoisotopic (exact) mass is 186 g/mol. The van der Waals surface area contributed by atoms with E-state index < -0.39 is 13.6 Å². The van der Waals surface area contributed by atoms with Crippen molar-refractivity contribution in [1.82, 2.24) is 4.67 Å². The van der Waals surface area contributed by atoms with Crippen LogP contribution in [0.4, 0.5) is 4.79 Å². The van der Waals surface area contributed by atoms with Gasteiger partial charge in [0.1, 0.15) is 0 Å². The molecule has 0 aliphatic carbocycles. The molecule has 0 aliphatic heterocycles. The zero-order valence-corrected chi connectivity index (χ0v) is 7.27. The van der Waals surface area contributed by atoms with Crippen LogP contribution in [-0.2, 0) is 11.8 Å². The van der Waals surface area contributed by atoms with Gasteiger partial charge in [-0.25, -0.2) is 4.79 Å². The van der Waals surface area contributed by atoms with Crippen LogP contribution in [0.25, 0.3) is 0 Å². The summed E-state index contributed by atoms with van der Waals surface area (Å²) < 4.78 is 1.12. The minimum absolute atomic E-state index is 0.272. The van der Waals surface area contributed by atoms with Crippen LogP contribution >= 0.6 is 19.5 Å². The summed E-state index contributed by atoms with van der Waals surface area (Å²) in [5.74, 6) is 0.272. The summed E-state index contributed by atoms with van der Waals surface area (Å²) in [4.78, 5) is 10.1.